The molecule has 1 aromatic heterocycles. The summed E-state index contributed by atoms with van der Waals surface area (Å²) in [5.41, 5.74) is 0. The molecule has 5 heteroatoms. The summed E-state index contributed by atoms with van der Waals surface area (Å²) in [4.78, 5) is 10.9. The van der Waals surface area contributed by atoms with Crippen LogP contribution in [0.5, 0.6) is 5.88 Å². The zero-order chi connectivity index (χ0) is 15.1. The molecule has 0 saturated carbocycles. The van der Waals surface area contributed by atoms with Gasteiger partial charge in [0.1, 0.15) is 11.6 Å². The Balaban J connectivity index is 2.80. The minimum atomic E-state index is 0.369. The largest absolute Gasteiger partial charge is 0.478 e. The van der Waals surface area contributed by atoms with Crippen LogP contribution < -0.4 is 10.1 Å². The van der Waals surface area contributed by atoms with Gasteiger partial charge >= 0.3 is 0 Å². The monoisotopic (exact) mass is 280 g/mol. The molecule has 0 aliphatic carbocycles. The van der Waals surface area contributed by atoms with E-state index in [2.05, 4.69) is 48.1 Å². The molecule has 0 fully saturated rings. The van der Waals surface area contributed by atoms with Gasteiger partial charge in [0.05, 0.1) is 6.61 Å². The van der Waals surface area contributed by atoms with Crippen molar-refractivity contribution in [3.63, 3.8) is 0 Å². The fraction of sp³-hybridized carbons (Fsp3) is 0.733. The van der Waals surface area contributed by atoms with E-state index in [0.717, 1.165) is 24.6 Å². The molecular formula is C15H28N4O. The van der Waals surface area contributed by atoms with E-state index < -0.39 is 0 Å². The standard InChI is InChI=1S/C15H28N4O/c1-7-20-15-9-14(16-12(4)17-15)18-13(8-11(2)3)10-19(5)6/h9,11,13H,7-8,10H2,1-6H3,(H,16,17,18). The van der Waals surface area contributed by atoms with E-state index in [0.29, 0.717) is 24.4 Å². The van der Waals surface area contributed by atoms with Crippen molar-refractivity contribution in [2.24, 2.45) is 5.92 Å². The van der Waals surface area contributed by atoms with Crippen molar-refractivity contribution in [3.05, 3.63) is 11.9 Å². The van der Waals surface area contributed by atoms with E-state index in [1.807, 2.05) is 19.9 Å². The smallest absolute Gasteiger partial charge is 0.218 e. The van der Waals surface area contributed by atoms with Gasteiger partial charge in [-0.2, -0.15) is 4.98 Å². The van der Waals surface area contributed by atoms with Crippen LogP contribution in [0.1, 0.15) is 33.0 Å². The van der Waals surface area contributed by atoms with E-state index in [1.165, 1.54) is 0 Å². The Bertz CT molecular complexity index is 397. The number of hydrogen-bond acceptors (Lipinski definition) is 5. The average molecular weight is 280 g/mol. The second-order valence-corrected chi connectivity index (χ2v) is 5.80. The van der Waals surface area contributed by atoms with Crippen LogP contribution >= 0.6 is 0 Å². The molecule has 0 amide bonds. The second kappa shape index (κ2) is 8.04. The zero-order valence-corrected chi connectivity index (χ0v) is 13.6. The first-order valence-corrected chi connectivity index (χ1v) is 7.30. The molecule has 114 valence electrons. The number of nitrogens with zero attached hydrogens (tertiary/aromatic N) is 3. The third-order valence-corrected chi connectivity index (χ3v) is 2.80. The summed E-state index contributed by atoms with van der Waals surface area (Å²) in [6, 6.07) is 2.24. The molecule has 0 spiro atoms. The van der Waals surface area contributed by atoms with Gasteiger partial charge in [0.25, 0.3) is 0 Å². The van der Waals surface area contributed by atoms with Crippen molar-refractivity contribution in [1.29, 1.82) is 0 Å². The highest BCUT2D eigenvalue weighted by Gasteiger charge is 2.13. The molecule has 0 radical (unpaired) electrons. The van der Waals surface area contributed by atoms with Crippen LogP contribution in [0.2, 0.25) is 0 Å². The molecule has 5 nitrogen and oxygen atoms in total. The Morgan fingerprint density at radius 3 is 2.55 bits per heavy atom. The molecular weight excluding hydrogens is 252 g/mol. The molecule has 1 N–H and O–H groups in total. The summed E-state index contributed by atoms with van der Waals surface area (Å²) in [7, 11) is 4.18. The van der Waals surface area contributed by atoms with E-state index in [4.69, 9.17) is 4.74 Å². The number of ether oxygens (including phenoxy) is 1. The molecule has 1 atom stereocenters. The number of rotatable bonds is 8. The number of aryl methyl sites for hydroxylation is 1. The van der Waals surface area contributed by atoms with Crippen LogP contribution in [0.4, 0.5) is 5.82 Å². The maximum atomic E-state index is 5.47. The first-order chi connectivity index (χ1) is 9.40. The second-order valence-electron chi connectivity index (χ2n) is 5.80. The molecule has 1 aromatic rings. The summed E-state index contributed by atoms with van der Waals surface area (Å²) >= 11 is 0. The number of nitrogens with one attached hydrogen (secondary N) is 1. The Labute approximate surface area is 122 Å². The van der Waals surface area contributed by atoms with Crippen LogP contribution in [-0.2, 0) is 0 Å². The number of likely N-dealkylation sites (N-methyl/N-ethyl adjacent to an activating group) is 1. The van der Waals surface area contributed by atoms with Crippen LogP contribution in [-0.4, -0.2) is 48.2 Å². The van der Waals surface area contributed by atoms with Gasteiger partial charge in [0.2, 0.25) is 5.88 Å². The lowest BCUT2D eigenvalue weighted by Crippen LogP contribution is -2.33. The Morgan fingerprint density at radius 2 is 2.00 bits per heavy atom. The highest BCUT2D eigenvalue weighted by Crippen LogP contribution is 2.16. The van der Waals surface area contributed by atoms with Crippen molar-refractivity contribution >= 4 is 5.82 Å². The normalized spacial score (nSPS) is 12.8. The highest BCUT2D eigenvalue weighted by molar-refractivity contribution is 5.39. The van der Waals surface area contributed by atoms with Gasteiger partial charge < -0.3 is 15.0 Å². The zero-order valence-electron chi connectivity index (χ0n) is 13.6. The lowest BCUT2D eigenvalue weighted by molar-refractivity contribution is 0.325. The number of aromatic nitrogens is 2. The van der Waals surface area contributed by atoms with Crippen molar-refractivity contribution in [3.8, 4) is 5.88 Å². The van der Waals surface area contributed by atoms with E-state index in [1.54, 1.807) is 0 Å². The maximum Gasteiger partial charge on any atom is 0.218 e. The summed E-state index contributed by atoms with van der Waals surface area (Å²) in [5.74, 6) is 2.84. The van der Waals surface area contributed by atoms with Gasteiger partial charge in [0.15, 0.2) is 0 Å². The SMILES string of the molecule is CCOc1cc(NC(CC(C)C)CN(C)C)nc(C)n1. The molecule has 0 aliphatic heterocycles. The minimum Gasteiger partial charge on any atom is -0.478 e. The summed E-state index contributed by atoms with van der Waals surface area (Å²) in [6.45, 7) is 9.91. The quantitative estimate of drug-likeness (QED) is 0.793. The van der Waals surface area contributed by atoms with Crippen LogP contribution in [0, 0.1) is 12.8 Å². The summed E-state index contributed by atoms with van der Waals surface area (Å²) in [5, 5.41) is 3.51. The minimum absolute atomic E-state index is 0.369. The first kappa shape index (κ1) is 16.7. The van der Waals surface area contributed by atoms with Gasteiger partial charge in [-0.05, 0) is 40.3 Å². The van der Waals surface area contributed by atoms with Crippen LogP contribution in [0.25, 0.3) is 0 Å². The fourth-order valence-corrected chi connectivity index (χ4v) is 2.23. The van der Waals surface area contributed by atoms with Gasteiger partial charge in [-0.15, -0.1) is 0 Å². The molecule has 0 bridgehead atoms. The topological polar surface area (TPSA) is 50.3 Å². The molecule has 0 aromatic carbocycles. The Morgan fingerprint density at radius 1 is 1.30 bits per heavy atom. The lowest BCUT2D eigenvalue weighted by Gasteiger charge is -2.24. The first-order valence-electron chi connectivity index (χ1n) is 7.30. The van der Waals surface area contributed by atoms with Gasteiger partial charge in [-0.1, -0.05) is 13.8 Å². The van der Waals surface area contributed by atoms with Gasteiger partial charge in [-0.25, -0.2) is 4.98 Å². The highest BCUT2D eigenvalue weighted by atomic mass is 16.5. The molecule has 1 unspecified atom stereocenters. The van der Waals surface area contributed by atoms with Crippen LogP contribution in [0.3, 0.4) is 0 Å². The van der Waals surface area contributed by atoms with Crippen molar-refractivity contribution < 1.29 is 4.74 Å². The van der Waals surface area contributed by atoms with E-state index >= 15 is 0 Å². The fourth-order valence-electron chi connectivity index (χ4n) is 2.23. The third-order valence-electron chi connectivity index (χ3n) is 2.80. The predicted octanol–water partition coefficient (Wildman–Crippen LogP) is 2.57. The number of hydrogen-bond donors (Lipinski definition) is 1. The Hall–Kier alpha value is -1.36. The number of anilines is 1. The van der Waals surface area contributed by atoms with E-state index in [-0.39, 0.29) is 0 Å². The maximum absolute atomic E-state index is 5.47. The van der Waals surface area contributed by atoms with E-state index in [9.17, 15) is 0 Å². The average Bonchev–Trinajstić information content (AvgIpc) is 2.26. The van der Waals surface area contributed by atoms with Gasteiger partial charge in [-0.3, -0.25) is 0 Å². The predicted molar refractivity (Wildman–Crippen MR) is 83.4 cm³/mol. The molecule has 1 heterocycles. The van der Waals surface area contributed by atoms with Crippen molar-refractivity contribution in [1.82, 2.24) is 14.9 Å². The van der Waals surface area contributed by atoms with Crippen molar-refractivity contribution in [2.75, 3.05) is 32.6 Å². The summed E-state index contributed by atoms with van der Waals surface area (Å²) < 4.78 is 5.47. The molecule has 20 heavy (non-hydrogen) atoms. The molecule has 0 saturated heterocycles. The van der Waals surface area contributed by atoms with Crippen LogP contribution in [0.15, 0.2) is 6.07 Å². The summed E-state index contributed by atoms with van der Waals surface area (Å²) in [6.07, 6.45) is 1.10. The lowest BCUT2D eigenvalue weighted by atomic mass is 10.0. The van der Waals surface area contributed by atoms with Gasteiger partial charge in [0, 0.05) is 18.7 Å². The molecule has 0 aliphatic rings. The Kier molecular flexibility index (Phi) is 6.71. The third kappa shape index (κ3) is 6.19. The molecule has 1 rings (SSSR count). The van der Waals surface area contributed by atoms with Crippen molar-refractivity contribution in [2.45, 2.75) is 40.2 Å².